The summed E-state index contributed by atoms with van der Waals surface area (Å²) in [5, 5.41) is 2.15. The minimum atomic E-state index is 0.708. The predicted octanol–water partition coefficient (Wildman–Crippen LogP) is 2.92. The van der Waals surface area contributed by atoms with Crippen LogP contribution in [0.25, 0.3) is 0 Å². The second-order valence-electron chi connectivity index (χ2n) is 4.81. The maximum absolute atomic E-state index is 4.36. The topological polar surface area (TPSA) is 29.0 Å². The van der Waals surface area contributed by atoms with Crippen molar-refractivity contribution in [2.75, 3.05) is 13.1 Å². The summed E-state index contributed by atoms with van der Waals surface area (Å²) in [4.78, 5) is 11.0. The van der Waals surface area contributed by atoms with E-state index in [1.807, 2.05) is 17.9 Å². The quantitative estimate of drug-likeness (QED) is 0.848. The third kappa shape index (κ3) is 2.76. The molecule has 1 saturated heterocycles. The second kappa shape index (κ2) is 5.59. The minimum Gasteiger partial charge on any atom is -0.297 e. The molecular formula is C14H17N3S. The molecule has 1 aliphatic rings. The maximum Gasteiger partial charge on any atom is 0.0795 e. The smallest absolute Gasteiger partial charge is 0.0795 e. The number of thiazole rings is 1. The summed E-state index contributed by atoms with van der Waals surface area (Å²) in [5.41, 5.74) is 4.57. The first-order valence-electron chi connectivity index (χ1n) is 6.41. The number of nitrogens with zero attached hydrogens (tertiary/aromatic N) is 3. The van der Waals surface area contributed by atoms with E-state index in [-0.39, 0.29) is 0 Å². The number of aromatic nitrogens is 2. The third-order valence-electron chi connectivity index (χ3n) is 3.63. The van der Waals surface area contributed by atoms with E-state index in [9.17, 15) is 0 Å². The lowest BCUT2D eigenvalue weighted by Crippen LogP contribution is -2.32. The van der Waals surface area contributed by atoms with Crippen molar-refractivity contribution < 1.29 is 0 Å². The molecule has 0 aromatic carbocycles. The van der Waals surface area contributed by atoms with Gasteiger partial charge in [0.25, 0.3) is 0 Å². The van der Waals surface area contributed by atoms with Crippen molar-refractivity contribution >= 4 is 11.3 Å². The standard InChI is InChI=1S/C14H17N3S/c1-5-15-6-2-12(1)13-3-7-17(8-4-13)9-14-10-18-11-16-14/h1-2,5-6,10-11,13H,3-4,7-9H2. The van der Waals surface area contributed by atoms with Crippen LogP contribution in [0.4, 0.5) is 0 Å². The van der Waals surface area contributed by atoms with E-state index in [4.69, 9.17) is 0 Å². The highest BCUT2D eigenvalue weighted by atomic mass is 32.1. The van der Waals surface area contributed by atoms with Crippen LogP contribution in [0.1, 0.15) is 30.0 Å². The number of pyridine rings is 1. The van der Waals surface area contributed by atoms with E-state index in [0.717, 1.165) is 6.54 Å². The highest BCUT2D eigenvalue weighted by Gasteiger charge is 2.20. The normalized spacial score (nSPS) is 18.0. The molecule has 1 aliphatic heterocycles. The van der Waals surface area contributed by atoms with Gasteiger partial charge in [0.1, 0.15) is 0 Å². The van der Waals surface area contributed by atoms with Gasteiger partial charge in [-0.15, -0.1) is 11.3 Å². The average molecular weight is 259 g/mol. The van der Waals surface area contributed by atoms with Crippen molar-refractivity contribution in [3.63, 3.8) is 0 Å². The SMILES string of the molecule is c1cc(C2CCN(Cc3cscn3)CC2)ccn1. The Morgan fingerprint density at radius 2 is 2.00 bits per heavy atom. The second-order valence-corrected chi connectivity index (χ2v) is 5.53. The Labute approximate surface area is 112 Å². The molecule has 1 fully saturated rings. The molecule has 3 heterocycles. The third-order valence-corrected chi connectivity index (χ3v) is 4.27. The molecule has 0 N–H and O–H groups in total. The molecule has 3 nitrogen and oxygen atoms in total. The monoisotopic (exact) mass is 259 g/mol. The summed E-state index contributed by atoms with van der Waals surface area (Å²) in [6.45, 7) is 3.35. The van der Waals surface area contributed by atoms with Crippen LogP contribution >= 0.6 is 11.3 Å². The molecule has 0 saturated carbocycles. The summed E-state index contributed by atoms with van der Waals surface area (Å²) in [7, 11) is 0. The largest absolute Gasteiger partial charge is 0.297 e. The summed E-state index contributed by atoms with van der Waals surface area (Å²) < 4.78 is 0. The molecule has 0 radical (unpaired) electrons. The zero-order valence-electron chi connectivity index (χ0n) is 10.3. The highest BCUT2D eigenvalue weighted by molar-refractivity contribution is 7.07. The lowest BCUT2D eigenvalue weighted by molar-refractivity contribution is 0.203. The Balaban J connectivity index is 1.55. The fourth-order valence-electron chi connectivity index (χ4n) is 2.60. The van der Waals surface area contributed by atoms with Crippen molar-refractivity contribution in [1.82, 2.24) is 14.9 Å². The van der Waals surface area contributed by atoms with Crippen LogP contribution < -0.4 is 0 Å². The summed E-state index contributed by atoms with van der Waals surface area (Å²) in [6, 6.07) is 4.31. The van der Waals surface area contributed by atoms with E-state index < -0.39 is 0 Å². The molecule has 0 aliphatic carbocycles. The van der Waals surface area contributed by atoms with Gasteiger partial charge >= 0.3 is 0 Å². The summed E-state index contributed by atoms with van der Waals surface area (Å²) >= 11 is 1.68. The van der Waals surface area contributed by atoms with Gasteiger partial charge < -0.3 is 0 Å². The summed E-state index contributed by atoms with van der Waals surface area (Å²) in [6.07, 6.45) is 6.29. The van der Waals surface area contributed by atoms with E-state index in [1.54, 1.807) is 11.3 Å². The molecular weight excluding hydrogens is 242 g/mol. The number of hydrogen-bond donors (Lipinski definition) is 0. The zero-order chi connectivity index (χ0) is 12.2. The average Bonchev–Trinajstić information content (AvgIpc) is 2.94. The van der Waals surface area contributed by atoms with Gasteiger partial charge in [-0.2, -0.15) is 0 Å². The Morgan fingerprint density at radius 1 is 1.22 bits per heavy atom. The molecule has 0 bridgehead atoms. The van der Waals surface area contributed by atoms with Gasteiger partial charge in [-0.25, -0.2) is 4.98 Å². The predicted molar refractivity (Wildman–Crippen MR) is 73.6 cm³/mol. The fourth-order valence-corrected chi connectivity index (χ4v) is 3.15. The molecule has 94 valence electrons. The van der Waals surface area contributed by atoms with Gasteiger partial charge in [-0.3, -0.25) is 9.88 Å². The molecule has 0 spiro atoms. The van der Waals surface area contributed by atoms with Crippen LogP contribution in [0.5, 0.6) is 0 Å². The fraction of sp³-hybridized carbons (Fsp3) is 0.429. The van der Waals surface area contributed by atoms with E-state index >= 15 is 0 Å². The number of piperidine rings is 1. The van der Waals surface area contributed by atoms with Gasteiger partial charge in [0.15, 0.2) is 0 Å². The number of hydrogen-bond acceptors (Lipinski definition) is 4. The molecule has 4 heteroatoms. The van der Waals surface area contributed by atoms with E-state index in [1.165, 1.54) is 37.2 Å². The van der Waals surface area contributed by atoms with Gasteiger partial charge in [-0.1, -0.05) is 0 Å². The van der Waals surface area contributed by atoms with Crippen molar-refractivity contribution in [3.8, 4) is 0 Å². The highest BCUT2D eigenvalue weighted by Crippen LogP contribution is 2.27. The molecule has 0 amide bonds. The Bertz CT molecular complexity index is 461. The van der Waals surface area contributed by atoms with Gasteiger partial charge in [0.05, 0.1) is 11.2 Å². The van der Waals surface area contributed by atoms with Crippen LogP contribution in [0.2, 0.25) is 0 Å². The van der Waals surface area contributed by atoms with Crippen molar-refractivity contribution in [3.05, 3.63) is 46.7 Å². The van der Waals surface area contributed by atoms with Crippen LogP contribution in [0.15, 0.2) is 35.4 Å². The van der Waals surface area contributed by atoms with Crippen LogP contribution in [0.3, 0.4) is 0 Å². The summed E-state index contributed by atoms with van der Waals surface area (Å²) in [5.74, 6) is 0.708. The zero-order valence-corrected chi connectivity index (χ0v) is 11.1. The first-order valence-corrected chi connectivity index (χ1v) is 7.35. The molecule has 0 atom stereocenters. The first-order chi connectivity index (χ1) is 8.92. The lowest BCUT2D eigenvalue weighted by Gasteiger charge is -2.31. The molecule has 18 heavy (non-hydrogen) atoms. The van der Waals surface area contributed by atoms with Crippen LogP contribution in [0, 0.1) is 0 Å². The molecule has 2 aromatic heterocycles. The van der Waals surface area contributed by atoms with Crippen molar-refractivity contribution in [2.45, 2.75) is 25.3 Å². The Kier molecular flexibility index (Phi) is 3.67. The van der Waals surface area contributed by atoms with Crippen molar-refractivity contribution in [2.24, 2.45) is 0 Å². The Morgan fingerprint density at radius 3 is 2.67 bits per heavy atom. The maximum atomic E-state index is 4.36. The minimum absolute atomic E-state index is 0.708. The van der Waals surface area contributed by atoms with E-state index in [0.29, 0.717) is 5.92 Å². The number of likely N-dealkylation sites (tertiary alicyclic amines) is 1. The van der Waals surface area contributed by atoms with Gasteiger partial charge in [0.2, 0.25) is 0 Å². The molecule has 3 rings (SSSR count). The molecule has 0 unspecified atom stereocenters. The van der Waals surface area contributed by atoms with Crippen molar-refractivity contribution in [1.29, 1.82) is 0 Å². The van der Waals surface area contributed by atoms with E-state index in [2.05, 4.69) is 32.4 Å². The van der Waals surface area contributed by atoms with Gasteiger partial charge in [-0.05, 0) is 49.5 Å². The lowest BCUT2D eigenvalue weighted by atomic mass is 9.90. The number of rotatable bonds is 3. The Hall–Kier alpha value is -1.26. The van der Waals surface area contributed by atoms with Crippen LogP contribution in [-0.2, 0) is 6.54 Å². The molecule has 2 aromatic rings. The first kappa shape index (κ1) is 11.8. The van der Waals surface area contributed by atoms with Gasteiger partial charge in [0, 0.05) is 24.3 Å². The van der Waals surface area contributed by atoms with Crippen LogP contribution in [-0.4, -0.2) is 28.0 Å².